The maximum Gasteiger partial charge on any atom is 0.161 e. The average molecular weight is 462 g/mol. The second-order valence-corrected chi connectivity index (χ2v) is 8.92. The minimum Gasteiger partial charge on any atom is -0.490 e. The van der Waals surface area contributed by atoms with Crippen molar-refractivity contribution in [3.05, 3.63) is 81.9 Å². The predicted molar refractivity (Wildman–Crippen MR) is 126 cm³/mol. The van der Waals surface area contributed by atoms with Gasteiger partial charge in [0.15, 0.2) is 23.1 Å². The van der Waals surface area contributed by atoms with E-state index in [9.17, 15) is 14.0 Å². The number of allylic oxidation sites excluding steroid dienone is 4. The van der Waals surface area contributed by atoms with Crippen LogP contribution in [0.2, 0.25) is 0 Å². The number of ether oxygens (including phenoxy) is 2. The molecule has 0 saturated heterocycles. The first-order valence-electron chi connectivity index (χ1n) is 12.0. The van der Waals surface area contributed by atoms with Crippen LogP contribution in [0.4, 0.5) is 4.39 Å². The van der Waals surface area contributed by atoms with Gasteiger partial charge in [0.1, 0.15) is 12.4 Å². The first-order valence-corrected chi connectivity index (χ1v) is 12.0. The van der Waals surface area contributed by atoms with Gasteiger partial charge in [-0.2, -0.15) is 0 Å². The van der Waals surface area contributed by atoms with Crippen LogP contribution in [0.1, 0.15) is 62.5 Å². The number of carbonyl (C=O) groups excluding carboxylic acids is 2. The smallest absolute Gasteiger partial charge is 0.161 e. The first kappa shape index (κ1) is 22.4. The number of hydrogen-bond acceptors (Lipinski definition) is 5. The molecule has 0 saturated carbocycles. The summed E-state index contributed by atoms with van der Waals surface area (Å²) in [6, 6.07) is 12.1. The zero-order valence-corrected chi connectivity index (χ0v) is 19.3. The van der Waals surface area contributed by atoms with Crippen LogP contribution in [-0.4, -0.2) is 18.2 Å². The van der Waals surface area contributed by atoms with Crippen molar-refractivity contribution in [2.75, 3.05) is 6.61 Å². The summed E-state index contributed by atoms with van der Waals surface area (Å²) in [4.78, 5) is 26.1. The highest BCUT2D eigenvalue weighted by molar-refractivity contribution is 6.06. The van der Waals surface area contributed by atoms with E-state index in [1.165, 1.54) is 6.07 Å². The molecule has 6 heteroatoms. The van der Waals surface area contributed by atoms with Gasteiger partial charge < -0.3 is 14.8 Å². The van der Waals surface area contributed by atoms with Crippen LogP contribution in [0.15, 0.2) is 65.0 Å². The van der Waals surface area contributed by atoms with Crippen LogP contribution >= 0.6 is 0 Å². The molecule has 0 amide bonds. The van der Waals surface area contributed by atoms with Gasteiger partial charge >= 0.3 is 0 Å². The number of hydrogen-bond donors (Lipinski definition) is 1. The molecule has 1 aliphatic heterocycles. The predicted octanol–water partition coefficient (Wildman–Crippen LogP) is 5.50. The molecule has 0 unspecified atom stereocenters. The Hall–Kier alpha value is -3.41. The summed E-state index contributed by atoms with van der Waals surface area (Å²) in [5.74, 6) is 0.494. The van der Waals surface area contributed by atoms with E-state index in [2.05, 4.69) is 5.32 Å². The van der Waals surface area contributed by atoms with Gasteiger partial charge in [-0.3, -0.25) is 9.59 Å². The number of halogens is 1. The molecule has 1 heterocycles. The van der Waals surface area contributed by atoms with Crippen LogP contribution in [0.3, 0.4) is 0 Å². The quantitative estimate of drug-likeness (QED) is 0.615. The Morgan fingerprint density at radius 1 is 0.882 bits per heavy atom. The first-order chi connectivity index (χ1) is 16.6. The summed E-state index contributed by atoms with van der Waals surface area (Å²) < 4.78 is 25.8. The highest BCUT2D eigenvalue weighted by Crippen LogP contribution is 2.46. The molecule has 2 aromatic carbocycles. The van der Waals surface area contributed by atoms with Crippen molar-refractivity contribution < 1.29 is 23.5 Å². The largest absolute Gasteiger partial charge is 0.490 e. The maximum absolute atomic E-state index is 14.0. The molecule has 0 aromatic heterocycles. The molecule has 5 nitrogen and oxygen atoms in total. The highest BCUT2D eigenvalue weighted by atomic mass is 19.1. The Morgan fingerprint density at radius 3 is 2.21 bits per heavy atom. The van der Waals surface area contributed by atoms with Crippen molar-refractivity contribution in [2.45, 2.75) is 58.0 Å². The molecule has 0 fully saturated rings. The number of dihydropyridines is 1. The Kier molecular flexibility index (Phi) is 6.22. The van der Waals surface area contributed by atoms with Gasteiger partial charge in [-0.1, -0.05) is 24.3 Å². The minimum atomic E-state index is -0.397. The Labute approximate surface area is 198 Å². The third-order valence-corrected chi connectivity index (χ3v) is 6.73. The van der Waals surface area contributed by atoms with Crippen LogP contribution in [-0.2, 0) is 16.2 Å². The topological polar surface area (TPSA) is 64.6 Å². The molecule has 2 aromatic rings. The normalized spacial score (nSPS) is 18.4. The van der Waals surface area contributed by atoms with Crippen LogP contribution in [0, 0.1) is 5.82 Å². The monoisotopic (exact) mass is 461 g/mol. The molecule has 0 bridgehead atoms. The molecule has 0 spiro atoms. The molecular formula is C28H28FNO4. The molecule has 34 heavy (non-hydrogen) atoms. The van der Waals surface area contributed by atoms with Crippen LogP contribution < -0.4 is 14.8 Å². The van der Waals surface area contributed by atoms with Gasteiger partial charge in [0.2, 0.25) is 0 Å². The fourth-order valence-electron chi connectivity index (χ4n) is 5.18. The molecule has 0 atom stereocenters. The third-order valence-electron chi connectivity index (χ3n) is 6.73. The van der Waals surface area contributed by atoms with E-state index in [0.717, 1.165) is 42.6 Å². The number of benzene rings is 2. The second-order valence-electron chi connectivity index (χ2n) is 8.92. The Bertz CT molecular complexity index is 1170. The highest BCUT2D eigenvalue weighted by Gasteiger charge is 2.40. The van der Waals surface area contributed by atoms with Crippen molar-refractivity contribution in [3.63, 3.8) is 0 Å². The van der Waals surface area contributed by atoms with Crippen molar-refractivity contribution in [1.29, 1.82) is 0 Å². The Balaban J connectivity index is 1.53. The molecule has 176 valence electrons. The molecule has 1 N–H and O–H groups in total. The van der Waals surface area contributed by atoms with Gasteiger partial charge in [0.05, 0.1) is 6.61 Å². The summed E-state index contributed by atoms with van der Waals surface area (Å²) in [6.45, 7) is 2.38. The van der Waals surface area contributed by atoms with Crippen LogP contribution in [0.5, 0.6) is 11.5 Å². The van der Waals surface area contributed by atoms with E-state index < -0.39 is 5.92 Å². The zero-order chi connectivity index (χ0) is 23.7. The molecule has 2 aliphatic carbocycles. The summed E-state index contributed by atoms with van der Waals surface area (Å²) in [6.07, 6.45) is 4.25. The lowest BCUT2D eigenvalue weighted by atomic mass is 9.71. The molecular weight excluding hydrogens is 433 g/mol. The lowest BCUT2D eigenvalue weighted by Crippen LogP contribution is -2.36. The van der Waals surface area contributed by atoms with Gasteiger partial charge in [0, 0.05) is 46.9 Å². The summed E-state index contributed by atoms with van der Waals surface area (Å²) in [7, 11) is 0. The number of ketones is 2. The molecule has 0 radical (unpaired) electrons. The van der Waals surface area contributed by atoms with E-state index in [1.54, 1.807) is 24.3 Å². The number of Topliss-reactive ketones (excluding diaryl/α,β-unsaturated/α-hetero) is 2. The Morgan fingerprint density at radius 2 is 1.56 bits per heavy atom. The summed E-state index contributed by atoms with van der Waals surface area (Å²) >= 11 is 0. The summed E-state index contributed by atoms with van der Waals surface area (Å²) in [5.41, 5.74) is 4.62. The van der Waals surface area contributed by atoms with Gasteiger partial charge in [-0.15, -0.1) is 0 Å². The van der Waals surface area contributed by atoms with Crippen molar-refractivity contribution in [1.82, 2.24) is 5.32 Å². The van der Waals surface area contributed by atoms with Crippen molar-refractivity contribution in [2.24, 2.45) is 0 Å². The van der Waals surface area contributed by atoms with Gasteiger partial charge in [0.25, 0.3) is 0 Å². The standard InChI is InChI=1S/C28H28FNO4/c1-2-33-25-15-17(13-14-24(25)34-16-18-7-3-4-8-19(18)29)26-27-20(9-5-11-22(27)31)30-21-10-6-12-23(32)28(21)26/h3-4,7-8,13-15,26,30H,2,5-6,9-12,16H2,1H3. The van der Waals surface area contributed by atoms with Crippen LogP contribution in [0.25, 0.3) is 0 Å². The molecule has 5 rings (SSSR count). The van der Waals surface area contributed by atoms with Gasteiger partial charge in [-0.25, -0.2) is 4.39 Å². The number of nitrogens with one attached hydrogen (secondary N) is 1. The average Bonchev–Trinajstić information content (AvgIpc) is 2.83. The lowest BCUT2D eigenvalue weighted by molar-refractivity contribution is -0.117. The van der Waals surface area contributed by atoms with Crippen molar-refractivity contribution >= 4 is 11.6 Å². The fourth-order valence-corrected chi connectivity index (χ4v) is 5.18. The lowest BCUT2D eigenvalue weighted by Gasteiger charge is -2.37. The van der Waals surface area contributed by atoms with E-state index in [4.69, 9.17) is 9.47 Å². The van der Waals surface area contributed by atoms with Gasteiger partial charge in [-0.05, 0) is 56.4 Å². The maximum atomic E-state index is 14.0. The van der Waals surface area contributed by atoms with E-state index in [-0.39, 0.29) is 24.0 Å². The van der Waals surface area contributed by atoms with E-state index in [0.29, 0.717) is 47.7 Å². The number of rotatable bonds is 6. The summed E-state index contributed by atoms with van der Waals surface area (Å²) in [5, 5.41) is 3.44. The zero-order valence-electron chi connectivity index (χ0n) is 19.3. The fraction of sp³-hybridized carbons (Fsp3) is 0.357. The van der Waals surface area contributed by atoms with E-state index >= 15 is 0 Å². The van der Waals surface area contributed by atoms with E-state index in [1.807, 2.05) is 19.1 Å². The SMILES string of the molecule is CCOc1cc(C2C3=C(CCCC3=O)NC3=C2C(=O)CCC3)ccc1OCc1ccccc1F. The minimum absolute atomic E-state index is 0.0705. The second kappa shape index (κ2) is 9.45. The molecule has 3 aliphatic rings. The number of carbonyl (C=O) groups is 2. The third kappa shape index (κ3) is 4.13. The van der Waals surface area contributed by atoms with Crippen molar-refractivity contribution in [3.8, 4) is 11.5 Å².